The smallest absolute Gasteiger partial charge is 0.129 e. The van der Waals surface area contributed by atoms with Crippen molar-refractivity contribution in [2.24, 2.45) is 0 Å². The lowest BCUT2D eigenvalue weighted by atomic mass is 10.3. The van der Waals surface area contributed by atoms with Crippen LogP contribution < -0.4 is 5.32 Å². The minimum atomic E-state index is 0.832. The van der Waals surface area contributed by atoms with E-state index in [0.29, 0.717) is 0 Å². The van der Waals surface area contributed by atoms with Crippen LogP contribution in [0.4, 0.5) is 5.82 Å². The zero-order valence-electron chi connectivity index (χ0n) is 8.33. The molecule has 0 saturated heterocycles. The second-order valence-electron chi connectivity index (χ2n) is 3.30. The lowest BCUT2D eigenvalue weighted by molar-refractivity contribution is 1.10. The molecule has 4 heteroatoms. The van der Waals surface area contributed by atoms with E-state index in [1.54, 1.807) is 11.3 Å². The minimum Gasteiger partial charge on any atom is -0.366 e. The number of thiophene rings is 1. The Balaban J connectivity index is 2.05. The van der Waals surface area contributed by atoms with Gasteiger partial charge in [0.1, 0.15) is 5.82 Å². The van der Waals surface area contributed by atoms with Crippen molar-refractivity contribution in [2.75, 3.05) is 5.32 Å². The van der Waals surface area contributed by atoms with E-state index in [0.717, 1.165) is 22.4 Å². The summed E-state index contributed by atoms with van der Waals surface area (Å²) in [6.07, 6.45) is 1.81. The number of hydrogen-bond donors (Lipinski definition) is 1. The van der Waals surface area contributed by atoms with E-state index in [-0.39, 0.29) is 0 Å². The molecule has 15 heavy (non-hydrogen) atoms. The first-order chi connectivity index (χ1) is 7.25. The van der Waals surface area contributed by atoms with Crippen molar-refractivity contribution >= 4 is 33.1 Å². The Bertz CT molecular complexity index is 440. The van der Waals surface area contributed by atoms with Crippen molar-refractivity contribution in [1.29, 1.82) is 0 Å². The van der Waals surface area contributed by atoms with Gasteiger partial charge in [0.25, 0.3) is 0 Å². The number of aryl methyl sites for hydroxylation is 1. The molecule has 2 aromatic heterocycles. The third-order valence-corrected chi connectivity index (χ3v) is 3.25. The molecule has 0 spiro atoms. The van der Waals surface area contributed by atoms with Crippen LogP contribution in [0, 0.1) is 6.92 Å². The molecule has 0 aliphatic carbocycles. The topological polar surface area (TPSA) is 24.9 Å². The lowest BCUT2D eigenvalue weighted by Crippen LogP contribution is -2.01. The van der Waals surface area contributed by atoms with Gasteiger partial charge in [0.05, 0.1) is 0 Å². The van der Waals surface area contributed by atoms with Crippen molar-refractivity contribution in [3.8, 4) is 0 Å². The van der Waals surface area contributed by atoms with Crippen LogP contribution in [0.1, 0.15) is 11.1 Å². The molecular weight excluding hydrogens is 272 g/mol. The molecule has 0 radical (unpaired) electrons. The summed E-state index contributed by atoms with van der Waals surface area (Å²) in [6, 6.07) is 4.18. The quantitative estimate of drug-likeness (QED) is 0.926. The molecule has 0 bridgehead atoms. The molecule has 2 nitrogen and oxygen atoms in total. The molecule has 0 atom stereocenters. The number of hydrogen-bond acceptors (Lipinski definition) is 3. The van der Waals surface area contributed by atoms with Gasteiger partial charge in [-0.05, 0) is 56.9 Å². The maximum Gasteiger partial charge on any atom is 0.129 e. The molecule has 0 amide bonds. The van der Waals surface area contributed by atoms with Crippen LogP contribution in [0.15, 0.2) is 33.6 Å². The SMILES string of the molecule is Cc1cc(Br)cnc1NCc1ccsc1. The van der Waals surface area contributed by atoms with E-state index in [1.807, 2.05) is 13.1 Å². The molecule has 1 N–H and O–H groups in total. The maximum absolute atomic E-state index is 4.32. The van der Waals surface area contributed by atoms with Crippen LogP contribution in [-0.2, 0) is 6.54 Å². The van der Waals surface area contributed by atoms with Gasteiger partial charge < -0.3 is 5.32 Å². The summed E-state index contributed by atoms with van der Waals surface area (Å²) in [5.74, 6) is 0.949. The van der Waals surface area contributed by atoms with Crippen molar-refractivity contribution in [2.45, 2.75) is 13.5 Å². The van der Waals surface area contributed by atoms with Crippen LogP contribution in [0.25, 0.3) is 0 Å². The number of anilines is 1. The number of halogens is 1. The third kappa shape index (κ3) is 2.79. The van der Waals surface area contributed by atoms with Gasteiger partial charge in [0, 0.05) is 17.2 Å². The van der Waals surface area contributed by atoms with Crippen molar-refractivity contribution in [1.82, 2.24) is 4.98 Å². The first kappa shape index (κ1) is 10.6. The predicted molar refractivity (Wildman–Crippen MR) is 68.3 cm³/mol. The van der Waals surface area contributed by atoms with E-state index < -0.39 is 0 Å². The van der Waals surface area contributed by atoms with Gasteiger partial charge in [-0.25, -0.2) is 4.98 Å². The Morgan fingerprint density at radius 1 is 1.53 bits per heavy atom. The van der Waals surface area contributed by atoms with Gasteiger partial charge in [-0.1, -0.05) is 0 Å². The molecule has 2 aromatic rings. The van der Waals surface area contributed by atoms with E-state index in [4.69, 9.17) is 0 Å². The monoisotopic (exact) mass is 282 g/mol. The molecule has 0 unspecified atom stereocenters. The fourth-order valence-electron chi connectivity index (χ4n) is 1.30. The first-order valence-corrected chi connectivity index (χ1v) is 6.36. The second-order valence-corrected chi connectivity index (χ2v) is 5.00. The molecule has 0 aromatic carbocycles. The Morgan fingerprint density at radius 2 is 2.40 bits per heavy atom. The summed E-state index contributed by atoms with van der Waals surface area (Å²) in [5, 5.41) is 7.54. The van der Waals surface area contributed by atoms with Crippen LogP contribution in [-0.4, -0.2) is 4.98 Å². The van der Waals surface area contributed by atoms with E-state index in [9.17, 15) is 0 Å². The summed E-state index contributed by atoms with van der Waals surface area (Å²) in [7, 11) is 0. The molecule has 0 aliphatic heterocycles. The summed E-state index contributed by atoms with van der Waals surface area (Å²) in [5.41, 5.74) is 2.45. The number of nitrogens with one attached hydrogen (secondary N) is 1. The number of nitrogens with zero attached hydrogens (tertiary/aromatic N) is 1. The average Bonchev–Trinajstić information content (AvgIpc) is 2.69. The fourth-order valence-corrected chi connectivity index (χ4v) is 2.42. The Kier molecular flexibility index (Phi) is 3.38. The highest BCUT2D eigenvalue weighted by molar-refractivity contribution is 9.10. The van der Waals surface area contributed by atoms with E-state index in [1.165, 1.54) is 5.56 Å². The van der Waals surface area contributed by atoms with Gasteiger partial charge in [0.15, 0.2) is 0 Å². The highest BCUT2D eigenvalue weighted by Gasteiger charge is 2.00. The van der Waals surface area contributed by atoms with Gasteiger partial charge in [0.2, 0.25) is 0 Å². The molecule has 78 valence electrons. The lowest BCUT2D eigenvalue weighted by Gasteiger charge is -2.07. The second kappa shape index (κ2) is 4.77. The Morgan fingerprint density at radius 3 is 3.07 bits per heavy atom. The van der Waals surface area contributed by atoms with Crippen molar-refractivity contribution in [3.63, 3.8) is 0 Å². The molecule has 2 heterocycles. The highest BCUT2D eigenvalue weighted by atomic mass is 79.9. The van der Waals surface area contributed by atoms with Crippen molar-refractivity contribution in [3.05, 3.63) is 44.7 Å². The van der Waals surface area contributed by atoms with Gasteiger partial charge in [-0.2, -0.15) is 11.3 Å². The van der Waals surface area contributed by atoms with Gasteiger partial charge in [-0.3, -0.25) is 0 Å². The summed E-state index contributed by atoms with van der Waals surface area (Å²) >= 11 is 5.11. The van der Waals surface area contributed by atoms with Crippen molar-refractivity contribution < 1.29 is 0 Å². The maximum atomic E-state index is 4.32. The van der Waals surface area contributed by atoms with Gasteiger partial charge >= 0.3 is 0 Å². The first-order valence-electron chi connectivity index (χ1n) is 4.63. The van der Waals surface area contributed by atoms with Gasteiger partial charge in [-0.15, -0.1) is 0 Å². The molecule has 2 rings (SSSR count). The number of rotatable bonds is 3. The zero-order valence-corrected chi connectivity index (χ0v) is 10.7. The number of aromatic nitrogens is 1. The summed E-state index contributed by atoms with van der Waals surface area (Å²) in [6.45, 7) is 2.88. The van der Waals surface area contributed by atoms with Crippen LogP contribution in [0.3, 0.4) is 0 Å². The summed E-state index contributed by atoms with van der Waals surface area (Å²) in [4.78, 5) is 4.32. The van der Waals surface area contributed by atoms with E-state index >= 15 is 0 Å². The number of pyridine rings is 1. The normalized spacial score (nSPS) is 10.3. The highest BCUT2D eigenvalue weighted by Crippen LogP contribution is 2.17. The van der Waals surface area contributed by atoms with Crippen LogP contribution >= 0.6 is 27.3 Å². The predicted octanol–water partition coefficient (Wildman–Crippen LogP) is 3.83. The van der Waals surface area contributed by atoms with Crippen LogP contribution in [0.2, 0.25) is 0 Å². The molecule has 0 fully saturated rings. The van der Waals surface area contributed by atoms with Crippen LogP contribution in [0.5, 0.6) is 0 Å². The fraction of sp³-hybridized carbons (Fsp3) is 0.182. The third-order valence-electron chi connectivity index (χ3n) is 2.08. The largest absolute Gasteiger partial charge is 0.366 e. The molecular formula is C11H11BrN2S. The zero-order chi connectivity index (χ0) is 10.7. The Hall–Kier alpha value is -0.870. The van der Waals surface area contributed by atoms with E-state index in [2.05, 4.69) is 49.1 Å². The molecule has 0 aliphatic rings. The standard InChI is InChI=1S/C11H11BrN2S/c1-8-4-10(12)6-14-11(8)13-5-9-2-3-15-7-9/h2-4,6-7H,5H2,1H3,(H,13,14). The Labute approximate surface area is 101 Å². The summed E-state index contributed by atoms with van der Waals surface area (Å²) < 4.78 is 1.01. The average molecular weight is 283 g/mol. The molecule has 0 saturated carbocycles. The minimum absolute atomic E-state index is 0.832.